The number of likely N-dealkylation sites (N-methyl/N-ethyl adjacent to an activating group) is 1. The van der Waals surface area contributed by atoms with Crippen LogP contribution in [0.3, 0.4) is 0 Å². The third-order valence-electron chi connectivity index (χ3n) is 7.77. The van der Waals surface area contributed by atoms with Gasteiger partial charge in [-0.1, -0.05) is 18.2 Å². The molecule has 0 bridgehead atoms. The van der Waals surface area contributed by atoms with Crippen LogP contribution < -0.4 is 10.6 Å². The Hall–Kier alpha value is -4.12. The van der Waals surface area contributed by atoms with E-state index in [-0.39, 0.29) is 11.9 Å². The number of hydrogen-bond acceptors (Lipinski definition) is 8. The number of aromatic amines is 1. The Labute approximate surface area is 233 Å². The molecule has 10 nitrogen and oxygen atoms in total. The first-order valence-electron chi connectivity index (χ1n) is 13.6. The molecule has 1 aliphatic carbocycles. The lowest BCUT2D eigenvalue weighted by Gasteiger charge is -2.36. The summed E-state index contributed by atoms with van der Waals surface area (Å²) in [4.78, 5) is 27.4. The molecule has 3 heterocycles. The highest BCUT2D eigenvalue weighted by Gasteiger charge is 2.30. The fraction of sp³-hybridized carbons (Fsp3) is 0.333. The third kappa shape index (κ3) is 5.21. The maximum absolute atomic E-state index is 13.5. The SMILES string of the molecule is COC[C@H](C(=O)Nc1cccc2c1CC=C2c1nc(Nc2ccc3cn[nH]c3c2)ncc1C)N1CCN(C)CC1. The molecule has 1 saturated heterocycles. The lowest BCUT2D eigenvalue weighted by molar-refractivity contribution is -0.124. The van der Waals surface area contributed by atoms with Crippen molar-refractivity contribution in [3.05, 3.63) is 77.3 Å². The molecule has 1 aliphatic heterocycles. The first-order valence-corrected chi connectivity index (χ1v) is 13.6. The number of methoxy groups -OCH3 is 1. The van der Waals surface area contributed by atoms with Gasteiger partial charge < -0.3 is 20.3 Å². The molecule has 10 heteroatoms. The van der Waals surface area contributed by atoms with Crippen molar-refractivity contribution in [2.24, 2.45) is 0 Å². The number of hydrogen-bond donors (Lipinski definition) is 3. The number of piperazine rings is 1. The smallest absolute Gasteiger partial charge is 0.244 e. The van der Waals surface area contributed by atoms with E-state index in [9.17, 15) is 4.79 Å². The Morgan fingerprint density at radius 1 is 1.15 bits per heavy atom. The number of anilines is 3. The van der Waals surface area contributed by atoms with Gasteiger partial charge in [-0.15, -0.1) is 0 Å². The van der Waals surface area contributed by atoms with Gasteiger partial charge in [0.1, 0.15) is 6.04 Å². The molecule has 0 unspecified atom stereocenters. The maximum Gasteiger partial charge on any atom is 0.244 e. The molecule has 206 valence electrons. The molecular formula is C30H34N8O2. The number of nitrogens with one attached hydrogen (secondary N) is 3. The monoisotopic (exact) mass is 538 g/mol. The predicted molar refractivity (Wildman–Crippen MR) is 157 cm³/mol. The van der Waals surface area contributed by atoms with Gasteiger partial charge in [-0.05, 0) is 61.3 Å². The Morgan fingerprint density at radius 2 is 2.00 bits per heavy atom. The number of H-pyrrole nitrogens is 1. The predicted octanol–water partition coefficient (Wildman–Crippen LogP) is 3.59. The van der Waals surface area contributed by atoms with Crippen molar-refractivity contribution in [2.75, 3.05) is 57.6 Å². The molecule has 2 aromatic carbocycles. The van der Waals surface area contributed by atoms with Gasteiger partial charge in [0.25, 0.3) is 0 Å². The lowest BCUT2D eigenvalue weighted by Crippen LogP contribution is -2.54. The number of benzene rings is 2. The standard InChI is InChI=1S/C30H34N8O2/c1-19-16-31-30(33-21-8-7-20-17-32-36-26(20)15-21)35-28(19)24-10-9-23-22(24)5-4-6-25(23)34-29(39)27(18-40-3)38-13-11-37(2)12-14-38/h4-8,10,15-17,27H,9,11-14,18H2,1-3H3,(H,32,36)(H,34,39)(H,31,33,35)/t27-/m1/s1. The number of carbonyl (C=O) groups is 1. The van der Waals surface area contributed by atoms with E-state index in [0.29, 0.717) is 19.0 Å². The maximum atomic E-state index is 13.5. The van der Waals surface area contributed by atoms with Crippen LogP contribution in [0.5, 0.6) is 0 Å². The number of nitrogens with zero attached hydrogens (tertiary/aromatic N) is 5. The summed E-state index contributed by atoms with van der Waals surface area (Å²) in [6.07, 6.45) is 6.54. The number of aromatic nitrogens is 4. The van der Waals surface area contributed by atoms with Crippen molar-refractivity contribution < 1.29 is 9.53 Å². The summed E-state index contributed by atoms with van der Waals surface area (Å²) in [6, 6.07) is 11.7. The Morgan fingerprint density at radius 3 is 2.83 bits per heavy atom. The number of carbonyl (C=O) groups excluding carboxylic acids is 1. The molecule has 4 aromatic rings. The number of aryl methyl sites for hydroxylation is 1. The number of rotatable bonds is 8. The molecule has 2 aromatic heterocycles. The second kappa shape index (κ2) is 11.2. The van der Waals surface area contributed by atoms with Crippen LogP contribution in [0.25, 0.3) is 16.5 Å². The van der Waals surface area contributed by atoms with Gasteiger partial charge in [0, 0.05) is 61.8 Å². The summed E-state index contributed by atoms with van der Waals surface area (Å²) in [7, 11) is 3.76. The summed E-state index contributed by atoms with van der Waals surface area (Å²) >= 11 is 0. The second-order valence-electron chi connectivity index (χ2n) is 10.5. The average Bonchev–Trinajstić information content (AvgIpc) is 3.61. The normalized spacial score (nSPS) is 16.5. The molecule has 6 rings (SSSR count). The number of allylic oxidation sites excluding steroid dienone is 1. The van der Waals surface area contributed by atoms with E-state index in [1.54, 1.807) is 13.3 Å². The Bertz CT molecular complexity index is 1570. The van der Waals surface area contributed by atoms with E-state index in [1.807, 2.05) is 43.5 Å². The van der Waals surface area contributed by atoms with E-state index >= 15 is 0 Å². The van der Waals surface area contributed by atoms with Crippen LogP contribution in [-0.4, -0.2) is 88.9 Å². The molecule has 0 radical (unpaired) electrons. The van der Waals surface area contributed by atoms with Crippen LogP contribution in [0.1, 0.15) is 22.4 Å². The zero-order valence-electron chi connectivity index (χ0n) is 23.1. The number of fused-ring (bicyclic) bond motifs is 2. The summed E-state index contributed by atoms with van der Waals surface area (Å²) in [6.45, 7) is 5.94. The van der Waals surface area contributed by atoms with Gasteiger partial charge in [0.15, 0.2) is 0 Å². The quantitative estimate of drug-likeness (QED) is 0.312. The van der Waals surface area contributed by atoms with E-state index in [0.717, 1.165) is 76.4 Å². The van der Waals surface area contributed by atoms with Crippen LogP contribution in [0.15, 0.2) is 54.9 Å². The second-order valence-corrected chi connectivity index (χ2v) is 10.5. The van der Waals surface area contributed by atoms with Gasteiger partial charge in [-0.25, -0.2) is 9.97 Å². The van der Waals surface area contributed by atoms with Crippen molar-refractivity contribution in [3.63, 3.8) is 0 Å². The lowest BCUT2D eigenvalue weighted by atomic mass is 9.99. The average molecular weight is 539 g/mol. The zero-order chi connectivity index (χ0) is 27.6. The summed E-state index contributed by atoms with van der Waals surface area (Å²) in [5, 5.41) is 14.7. The molecule has 1 amide bonds. The Kier molecular flexibility index (Phi) is 7.29. The fourth-order valence-corrected chi connectivity index (χ4v) is 5.49. The van der Waals surface area contributed by atoms with E-state index in [2.05, 4.69) is 54.8 Å². The van der Waals surface area contributed by atoms with Gasteiger partial charge in [-0.3, -0.25) is 14.8 Å². The molecule has 40 heavy (non-hydrogen) atoms. The van der Waals surface area contributed by atoms with Crippen molar-refractivity contribution in [1.82, 2.24) is 30.0 Å². The largest absolute Gasteiger partial charge is 0.383 e. The van der Waals surface area contributed by atoms with Crippen LogP contribution in [0, 0.1) is 6.92 Å². The highest BCUT2D eigenvalue weighted by atomic mass is 16.5. The fourth-order valence-electron chi connectivity index (χ4n) is 5.49. The van der Waals surface area contributed by atoms with Crippen LogP contribution in [-0.2, 0) is 16.0 Å². The van der Waals surface area contributed by atoms with Crippen LogP contribution >= 0.6 is 0 Å². The molecule has 1 atom stereocenters. The summed E-state index contributed by atoms with van der Waals surface area (Å²) in [5.41, 5.74) is 7.73. The van der Waals surface area contributed by atoms with Crippen molar-refractivity contribution >= 4 is 39.7 Å². The van der Waals surface area contributed by atoms with Gasteiger partial charge >= 0.3 is 0 Å². The zero-order valence-corrected chi connectivity index (χ0v) is 23.1. The van der Waals surface area contributed by atoms with Gasteiger partial charge in [0.2, 0.25) is 11.9 Å². The molecule has 0 spiro atoms. The van der Waals surface area contributed by atoms with E-state index in [4.69, 9.17) is 9.72 Å². The topological polar surface area (TPSA) is 111 Å². The number of ether oxygens (including phenoxy) is 1. The van der Waals surface area contributed by atoms with Crippen LogP contribution in [0.4, 0.5) is 17.3 Å². The van der Waals surface area contributed by atoms with Crippen molar-refractivity contribution in [3.8, 4) is 0 Å². The Balaban J connectivity index is 1.22. The molecule has 1 fully saturated rings. The van der Waals surface area contributed by atoms with Crippen LogP contribution in [0.2, 0.25) is 0 Å². The summed E-state index contributed by atoms with van der Waals surface area (Å²) < 4.78 is 5.44. The van der Waals surface area contributed by atoms with Gasteiger partial charge in [0.05, 0.1) is 24.0 Å². The molecule has 3 N–H and O–H groups in total. The molecular weight excluding hydrogens is 504 g/mol. The van der Waals surface area contributed by atoms with E-state index < -0.39 is 0 Å². The minimum Gasteiger partial charge on any atom is -0.383 e. The summed E-state index contributed by atoms with van der Waals surface area (Å²) in [5.74, 6) is 0.486. The first kappa shape index (κ1) is 26.1. The minimum absolute atomic E-state index is 0.0350. The first-order chi connectivity index (χ1) is 19.5. The van der Waals surface area contributed by atoms with E-state index in [1.165, 1.54) is 0 Å². The molecule has 2 aliphatic rings. The van der Waals surface area contributed by atoms with Crippen molar-refractivity contribution in [1.29, 1.82) is 0 Å². The third-order valence-corrected chi connectivity index (χ3v) is 7.77. The highest BCUT2D eigenvalue weighted by Crippen LogP contribution is 2.37. The minimum atomic E-state index is -0.331. The highest BCUT2D eigenvalue weighted by molar-refractivity contribution is 5.98. The number of amides is 1. The van der Waals surface area contributed by atoms with Gasteiger partial charge in [-0.2, -0.15) is 5.10 Å². The van der Waals surface area contributed by atoms with Crippen molar-refractivity contribution in [2.45, 2.75) is 19.4 Å². The molecule has 0 saturated carbocycles.